The molecule has 5 heteroatoms. The van der Waals surface area contributed by atoms with Crippen LogP contribution in [0.1, 0.15) is 24.8 Å². The van der Waals surface area contributed by atoms with Crippen molar-refractivity contribution in [1.82, 2.24) is 10.2 Å². The van der Waals surface area contributed by atoms with Gasteiger partial charge in [0.15, 0.2) is 0 Å². The summed E-state index contributed by atoms with van der Waals surface area (Å²) in [6.07, 6.45) is 3.80. The molecule has 3 unspecified atom stereocenters. The predicted molar refractivity (Wildman–Crippen MR) is 81.1 cm³/mol. The first-order valence-corrected chi connectivity index (χ1v) is 8.53. The van der Waals surface area contributed by atoms with Crippen LogP contribution < -0.4 is 5.32 Å². The van der Waals surface area contributed by atoms with E-state index in [1.54, 1.807) is 11.3 Å². The molecule has 1 aromatic rings. The standard InChI is InChI=1S/C14H19BrN2OS/c1-17(7-9-5-12(15)19-8-9)14(18)13-11-4-2-3-10(11)6-16-13/h5,8,10-11,13,16H,2-4,6-7H2,1H3. The van der Waals surface area contributed by atoms with E-state index in [9.17, 15) is 4.79 Å². The largest absolute Gasteiger partial charge is 0.340 e. The molecule has 3 nitrogen and oxygen atoms in total. The van der Waals surface area contributed by atoms with Gasteiger partial charge in [-0.3, -0.25) is 4.79 Å². The number of thiophene rings is 1. The smallest absolute Gasteiger partial charge is 0.240 e. The Labute approximate surface area is 126 Å². The summed E-state index contributed by atoms with van der Waals surface area (Å²) in [6.45, 7) is 1.73. The lowest BCUT2D eigenvalue weighted by Crippen LogP contribution is -2.44. The Morgan fingerprint density at radius 1 is 1.58 bits per heavy atom. The van der Waals surface area contributed by atoms with Gasteiger partial charge in [-0.2, -0.15) is 0 Å². The van der Waals surface area contributed by atoms with E-state index in [1.165, 1.54) is 24.8 Å². The molecule has 1 aromatic heterocycles. The van der Waals surface area contributed by atoms with Gasteiger partial charge in [-0.15, -0.1) is 11.3 Å². The highest BCUT2D eigenvalue weighted by Gasteiger charge is 2.43. The number of hydrogen-bond donors (Lipinski definition) is 1. The van der Waals surface area contributed by atoms with E-state index in [-0.39, 0.29) is 11.9 Å². The molecule has 3 rings (SSSR count). The average Bonchev–Trinajstić information content (AvgIpc) is 3.04. The van der Waals surface area contributed by atoms with Crippen LogP contribution in [0.3, 0.4) is 0 Å². The van der Waals surface area contributed by atoms with Crippen molar-refractivity contribution in [2.45, 2.75) is 31.8 Å². The SMILES string of the molecule is CN(Cc1csc(Br)c1)C(=O)C1NCC2CCCC21. The highest BCUT2D eigenvalue weighted by atomic mass is 79.9. The van der Waals surface area contributed by atoms with Crippen LogP contribution in [0.4, 0.5) is 0 Å². The molecule has 104 valence electrons. The van der Waals surface area contributed by atoms with Crippen molar-refractivity contribution in [2.75, 3.05) is 13.6 Å². The van der Waals surface area contributed by atoms with E-state index < -0.39 is 0 Å². The van der Waals surface area contributed by atoms with Crippen molar-refractivity contribution in [3.05, 3.63) is 20.8 Å². The zero-order valence-corrected chi connectivity index (χ0v) is 13.5. The van der Waals surface area contributed by atoms with Crippen molar-refractivity contribution in [3.8, 4) is 0 Å². The molecule has 2 fully saturated rings. The number of halogens is 1. The van der Waals surface area contributed by atoms with Crippen LogP contribution in [-0.4, -0.2) is 30.4 Å². The fourth-order valence-electron chi connectivity index (χ4n) is 3.48. The van der Waals surface area contributed by atoms with E-state index in [0.29, 0.717) is 12.5 Å². The molecule has 1 saturated carbocycles. The van der Waals surface area contributed by atoms with E-state index in [1.807, 2.05) is 11.9 Å². The highest BCUT2D eigenvalue weighted by Crippen LogP contribution is 2.38. The van der Waals surface area contributed by atoms with E-state index in [2.05, 4.69) is 32.7 Å². The van der Waals surface area contributed by atoms with Gasteiger partial charge in [0.05, 0.1) is 9.83 Å². The maximum absolute atomic E-state index is 12.6. The summed E-state index contributed by atoms with van der Waals surface area (Å²) in [6, 6.07) is 2.15. The minimum Gasteiger partial charge on any atom is -0.340 e. The minimum absolute atomic E-state index is 0.0552. The number of fused-ring (bicyclic) bond motifs is 1. The Balaban J connectivity index is 1.63. The van der Waals surface area contributed by atoms with Crippen LogP contribution in [-0.2, 0) is 11.3 Å². The highest BCUT2D eigenvalue weighted by molar-refractivity contribution is 9.11. The number of likely N-dealkylation sites (N-methyl/N-ethyl adjacent to an activating group) is 1. The lowest BCUT2D eigenvalue weighted by Gasteiger charge is -2.24. The molecule has 3 atom stereocenters. The quantitative estimate of drug-likeness (QED) is 0.915. The number of carbonyl (C=O) groups excluding carboxylic acids is 1. The summed E-state index contributed by atoms with van der Waals surface area (Å²) in [5.41, 5.74) is 1.20. The fourth-order valence-corrected chi connectivity index (χ4v) is 4.68. The third kappa shape index (κ3) is 2.73. The Morgan fingerprint density at radius 2 is 2.42 bits per heavy atom. The Bertz CT molecular complexity index is 476. The van der Waals surface area contributed by atoms with Gasteiger partial charge in [-0.05, 0) is 64.2 Å². The number of carbonyl (C=O) groups is 1. The molecule has 0 radical (unpaired) electrons. The van der Waals surface area contributed by atoms with E-state index >= 15 is 0 Å². The van der Waals surface area contributed by atoms with E-state index in [0.717, 1.165) is 16.2 Å². The molecule has 1 saturated heterocycles. The summed E-state index contributed by atoms with van der Waals surface area (Å²) in [5, 5.41) is 5.54. The molecule has 1 aliphatic heterocycles. The first-order chi connectivity index (χ1) is 9.15. The number of amides is 1. The van der Waals surface area contributed by atoms with Crippen molar-refractivity contribution >= 4 is 33.2 Å². The lowest BCUT2D eigenvalue weighted by molar-refractivity contribution is -0.133. The van der Waals surface area contributed by atoms with Crippen LogP contribution in [0, 0.1) is 11.8 Å². The van der Waals surface area contributed by atoms with Gasteiger partial charge in [0.1, 0.15) is 0 Å². The maximum atomic E-state index is 12.6. The van der Waals surface area contributed by atoms with Gasteiger partial charge in [0.25, 0.3) is 0 Å². The van der Waals surface area contributed by atoms with Crippen LogP contribution in [0.25, 0.3) is 0 Å². The van der Waals surface area contributed by atoms with Gasteiger partial charge in [0, 0.05) is 13.6 Å². The lowest BCUT2D eigenvalue weighted by atomic mass is 9.93. The number of nitrogens with zero attached hydrogens (tertiary/aromatic N) is 1. The van der Waals surface area contributed by atoms with Gasteiger partial charge in [0.2, 0.25) is 5.91 Å². The Morgan fingerprint density at radius 3 is 3.16 bits per heavy atom. The molecule has 0 spiro atoms. The molecule has 19 heavy (non-hydrogen) atoms. The van der Waals surface area contributed by atoms with Crippen LogP contribution in [0.2, 0.25) is 0 Å². The molecule has 2 heterocycles. The second kappa shape index (κ2) is 5.54. The topological polar surface area (TPSA) is 32.3 Å². The summed E-state index contributed by atoms with van der Waals surface area (Å²) >= 11 is 5.13. The summed E-state index contributed by atoms with van der Waals surface area (Å²) in [5.74, 6) is 1.57. The maximum Gasteiger partial charge on any atom is 0.240 e. The van der Waals surface area contributed by atoms with Crippen LogP contribution in [0.5, 0.6) is 0 Å². The first kappa shape index (κ1) is 13.6. The van der Waals surface area contributed by atoms with Crippen LogP contribution >= 0.6 is 27.3 Å². The van der Waals surface area contributed by atoms with E-state index in [4.69, 9.17) is 0 Å². The molecule has 0 bridgehead atoms. The second-order valence-corrected chi connectivity index (χ2v) is 7.98. The molecule has 1 N–H and O–H groups in total. The monoisotopic (exact) mass is 342 g/mol. The summed E-state index contributed by atoms with van der Waals surface area (Å²) in [4.78, 5) is 14.4. The van der Waals surface area contributed by atoms with Gasteiger partial charge < -0.3 is 10.2 Å². The van der Waals surface area contributed by atoms with Crippen molar-refractivity contribution < 1.29 is 4.79 Å². The number of nitrogens with one attached hydrogen (secondary N) is 1. The molecule has 0 aromatic carbocycles. The zero-order chi connectivity index (χ0) is 13.4. The molecule has 1 aliphatic carbocycles. The average molecular weight is 343 g/mol. The fraction of sp³-hybridized carbons (Fsp3) is 0.643. The third-order valence-electron chi connectivity index (χ3n) is 4.43. The predicted octanol–water partition coefficient (Wildman–Crippen LogP) is 2.86. The van der Waals surface area contributed by atoms with Crippen molar-refractivity contribution in [3.63, 3.8) is 0 Å². The Hall–Kier alpha value is -0.390. The normalized spacial score (nSPS) is 29.5. The molecule has 1 amide bonds. The van der Waals surface area contributed by atoms with Crippen molar-refractivity contribution in [2.24, 2.45) is 11.8 Å². The zero-order valence-electron chi connectivity index (χ0n) is 11.1. The summed E-state index contributed by atoms with van der Waals surface area (Å²) in [7, 11) is 1.91. The second-order valence-electron chi connectivity index (χ2n) is 5.69. The number of rotatable bonds is 3. The van der Waals surface area contributed by atoms with Gasteiger partial charge in [-0.25, -0.2) is 0 Å². The summed E-state index contributed by atoms with van der Waals surface area (Å²) < 4.78 is 1.12. The Kier molecular flexibility index (Phi) is 3.96. The molecular weight excluding hydrogens is 324 g/mol. The molecule has 2 aliphatic rings. The van der Waals surface area contributed by atoms with Gasteiger partial charge >= 0.3 is 0 Å². The number of hydrogen-bond acceptors (Lipinski definition) is 3. The van der Waals surface area contributed by atoms with Crippen LogP contribution in [0.15, 0.2) is 15.2 Å². The third-order valence-corrected chi connectivity index (χ3v) is 5.98. The van der Waals surface area contributed by atoms with Gasteiger partial charge in [-0.1, -0.05) is 6.42 Å². The first-order valence-electron chi connectivity index (χ1n) is 6.86. The minimum atomic E-state index is 0.0552. The molecular formula is C14H19BrN2OS. The van der Waals surface area contributed by atoms with Crippen molar-refractivity contribution in [1.29, 1.82) is 0 Å².